The number of hydrogen-bond acceptors (Lipinski definition) is 8. The molecule has 1 N–H and O–H groups in total. The summed E-state index contributed by atoms with van der Waals surface area (Å²) in [7, 11) is 0. The fourth-order valence-electron chi connectivity index (χ4n) is 2.60. The second-order valence-corrected chi connectivity index (χ2v) is 8.22. The Morgan fingerprint density at radius 3 is 2.86 bits per heavy atom. The van der Waals surface area contributed by atoms with Gasteiger partial charge in [-0.1, -0.05) is 42.1 Å². The molecule has 29 heavy (non-hydrogen) atoms. The van der Waals surface area contributed by atoms with Crippen LogP contribution >= 0.6 is 23.1 Å². The van der Waals surface area contributed by atoms with Gasteiger partial charge in [-0.25, -0.2) is 4.98 Å². The highest BCUT2D eigenvalue weighted by atomic mass is 32.2. The van der Waals surface area contributed by atoms with Crippen molar-refractivity contribution in [2.24, 2.45) is 0 Å². The molecule has 0 saturated carbocycles. The first kappa shape index (κ1) is 19.5. The number of benzene rings is 2. The van der Waals surface area contributed by atoms with E-state index in [0.717, 1.165) is 27.8 Å². The van der Waals surface area contributed by atoms with Crippen LogP contribution in [0.25, 0.3) is 0 Å². The molecule has 0 amide bonds. The predicted molar refractivity (Wildman–Crippen MR) is 116 cm³/mol. The number of hydrogen-bond donors (Lipinski definition) is 1. The monoisotopic (exact) mass is 424 g/mol. The van der Waals surface area contributed by atoms with Crippen LogP contribution in [0.3, 0.4) is 0 Å². The van der Waals surface area contributed by atoms with E-state index >= 15 is 0 Å². The summed E-state index contributed by atoms with van der Waals surface area (Å²) in [5.74, 6) is 1.90. The van der Waals surface area contributed by atoms with Gasteiger partial charge in [-0.3, -0.25) is 0 Å². The minimum Gasteiger partial charge on any atom is -0.484 e. The minimum atomic E-state index is 0.248. The molecule has 2 aromatic heterocycles. The van der Waals surface area contributed by atoms with Gasteiger partial charge in [0, 0.05) is 16.8 Å². The summed E-state index contributed by atoms with van der Waals surface area (Å²) in [6.07, 6.45) is 0. The maximum Gasteiger partial charge on any atom is 0.277 e. The van der Waals surface area contributed by atoms with Gasteiger partial charge in [0.05, 0.1) is 5.69 Å². The average Bonchev–Trinajstić information content (AvgIpc) is 3.36. The van der Waals surface area contributed by atoms with Crippen LogP contribution in [-0.4, -0.2) is 15.2 Å². The van der Waals surface area contributed by atoms with Gasteiger partial charge in [0.15, 0.2) is 11.7 Å². The number of nitrogens with one attached hydrogen (secondary N) is 1. The molecule has 2 aromatic carbocycles. The molecule has 0 aliphatic rings. The minimum absolute atomic E-state index is 0.248. The zero-order valence-corrected chi connectivity index (χ0v) is 17.7. The van der Waals surface area contributed by atoms with Crippen molar-refractivity contribution in [1.29, 1.82) is 0 Å². The van der Waals surface area contributed by atoms with Crippen LogP contribution in [0.2, 0.25) is 0 Å². The highest BCUT2D eigenvalue weighted by molar-refractivity contribution is 7.98. The van der Waals surface area contributed by atoms with E-state index < -0.39 is 0 Å². The predicted octanol–water partition coefficient (Wildman–Crippen LogP) is 5.76. The summed E-state index contributed by atoms with van der Waals surface area (Å²) in [5, 5.41) is 14.9. The molecule has 0 aliphatic heterocycles. The van der Waals surface area contributed by atoms with Gasteiger partial charge >= 0.3 is 0 Å². The van der Waals surface area contributed by atoms with E-state index in [4.69, 9.17) is 9.15 Å². The van der Waals surface area contributed by atoms with Crippen molar-refractivity contribution in [3.8, 4) is 5.75 Å². The normalized spacial score (nSPS) is 10.8. The molecule has 2 heterocycles. The van der Waals surface area contributed by atoms with Gasteiger partial charge in [0.25, 0.3) is 11.1 Å². The second-order valence-electron chi connectivity index (χ2n) is 6.44. The molecule has 0 bridgehead atoms. The molecule has 0 aliphatic carbocycles. The summed E-state index contributed by atoms with van der Waals surface area (Å²) in [4.78, 5) is 4.62. The maximum absolute atomic E-state index is 5.69. The third kappa shape index (κ3) is 5.36. The Balaban J connectivity index is 1.29. The maximum atomic E-state index is 5.69. The molecule has 0 spiro atoms. The molecular formula is C21H20N4O2S2. The Hall–Kier alpha value is -2.84. The fourth-order valence-corrected chi connectivity index (χ4v) is 4.10. The number of ether oxygens (including phenoxy) is 1. The summed E-state index contributed by atoms with van der Waals surface area (Å²) in [6.45, 7) is 4.34. The van der Waals surface area contributed by atoms with Crippen LogP contribution in [0, 0.1) is 13.8 Å². The smallest absolute Gasteiger partial charge is 0.277 e. The average molecular weight is 425 g/mol. The Bertz CT molecular complexity index is 1090. The Kier molecular flexibility index (Phi) is 6.12. The molecule has 6 nitrogen and oxygen atoms in total. The topological polar surface area (TPSA) is 73.1 Å². The lowest BCUT2D eigenvalue weighted by Gasteiger charge is -2.05. The van der Waals surface area contributed by atoms with E-state index in [9.17, 15) is 0 Å². The van der Waals surface area contributed by atoms with Gasteiger partial charge in [0.2, 0.25) is 0 Å². The van der Waals surface area contributed by atoms with Crippen LogP contribution in [0.1, 0.15) is 22.7 Å². The first-order valence-corrected chi connectivity index (χ1v) is 10.9. The van der Waals surface area contributed by atoms with Crippen molar-refractivity contribution in [3.05, 3.63) is 76.6 Å². The zero-order chi connectivity index (χ0) is 20.1. The number of thiazole rings is 1. The van der Waals surface area contributed by atoms with Crippen molar-refractivity contribution in [3.63, 3.8) is 0 Å². The van der Waals surface area contributed by atoms with Crippen LogP contribution in [0.4, 0.5) is 10.8 Å². The highest BCUT2D eigenvalue weighted by Crippen LogP contribution is 2.27. The number of anilines is 2. The number of rotatable bonds is 8. The van der Waals surface area contributed by atoms with Crippen molar-refractivity contribution in [2.45, 2.75) is 31.4 Å². The van der Waals surface area contributed by atoms with Crippen molar-refractivity contribution in [2.75, 3.05) is 5.32 Å². The molecule has 0 radical (unpaired) electrons. The van der Waals surface area contributed by atoms with E-state index in [1.165, 1.54) is 17.3 Å². The van der Waals surface area contributed by atoms with E-state index in [1.54, 1.807) is 11.3 Å². The van der Waals surface area contributed by atoms with Crippen LogP contribution in [-0.2, 0) is 12.4 Å². The molecule has 0 saturated heterocycles. The molecule has 0 unspecified atom stereocenters. The van der Waals surface area contributed by atoms with Gasteiger partial charge in [-0.2, -0.15) is 0 Å². The van der Waals surface area contributed by atoms with E-state index in [2.05, 4.69) is 33.5 Å². The summed E-state index contributed by atoms with van der Waals surface area (Å²) in [5.41, 5.74) is 4.36. The first-order chi connectivity index (χ1) is 14.2. The largest absolute Gasteiger partial charge is 0.484 e. The molecule has 148 valence electrons. The standard InChI is InChI=1S/C21H20N4O2S2/c1-14-6-5-8-17(10-14)26-11-19-24-25-21(27-19)29-13-16-12-28-20(22-16)23-18-9-4-3-7-15(18)2/h3-10,12H,11,13H2,1-2H3,(H,22,23). The van der Waals surface area contributed by atoms with E-state index in [0.29, 0.717) is 16.9 Å². The number of aryl methyl sites for hydroxylation is 2. The SMILES string of the molecule is Cc1cccc(OCc2nnc(SCc3csc(Nc4ccccc4C)n3)o2)c1. The third-order valence-corrected chi connectivity index (χ3v) is 5.74. The van der Waals surface area contributed by atoms with Crippen LogP contribution in [0.15, 0.2) is 63.6 Å². The van der Waals surface area contributed by atoms with Crippen LogP contribution < -0.4 is 10.1 Å². The molecular weight excluding hydrogens is 404 g/mol. The first-order valence-electron chi connectivity index (χ1n) is 9.07. The van der Waals surface area contributed by atoms with Crippen LogP contribution in [0.5, 0.6) is 5.75 Å². The molecule has 4 aromatic rings. The molecule has 4 rings (SSSR count). The molecule has 0 fully saturated rings. The second kappa shape index (κ2) is 9.11. The summed E-state index contributed by atoms with van der Waals surface area (Å²) in [6, 6.07) is 16.0. The van der Waals surface area contributed by atoms with Gasteiger partial charge < -0.3 is 14.5 Å². The lowest BCUT2D eigenvalue weighted by molar-refractivity contribution is 0.252. The zero-order valence-electron chi connectivity index (χ0n) is 16.1. The lowest BCUT2D eigenvalue weighted by Crippen LogP contribution is -1.95. The lowest BCUT2D eigenvalue weighted by atomic mass is 10.2. The third-order valence-electron chi connectivity index (χ3n) is 4.08. The van der Waals surface area contributed by atoms with E-state index in [-0.39, 0.29) is 6.61 Å². The van der Waals surface area contributed by atoms with Gasteiger partial charge in [-0.15, -0.1) is 21.5 Å². The Morgan fingerprint density at radius 2 is 2.00 bits per heavy atom. The van der Waals surface area contributed by atoms with Gasteiger partial charge in [-0.05, 0) is 43.2 Å². The number of para-hydroxylation sites is 1. The Labute approximate surface area is 177 Å². The summed E-state index contributed by atoms with van der Waals surface area (Å²) >= 11 is 3.04. The van der Waals surface area contributed by atoms with E-state index in [1.807, 2.05) is 54.8 Å². The number of aromatic nitrogens is 3. The Morgan fingerprint density at radius 1 is 1.10 bits per heavy atom. The van der Waals surface area contributed by atoms with Crippen molar-refractivity contribution in [1.82, 2.24) is 15.2 Å². The van der Waals surface area contributed by atoms with Gasteiger partial charge in [0.1, 0.15) is 5.75 Å². The number of thioether (sulfide) groups is 1. The quantitative estimate of drug-likeness (QED) is 0.361. The summed E-state index contributed by atoms with van der Waals surface area (Å²) < 4.78 is 11.3. The van der Waals surface area contributed by atoms with Crippen molar-refractivity contribution < 1.29 is 9.15 Å². The molecule has 8 heteroatoms. The molecule has 0 atom stereocenters. The number of nitrogens with zero attached hydrogens (tertiary/aromatic N) is 3. The fraction of sp³-hybridized carbons (Fsp3) is 0.190. The highest BCUT2D eigenvalue weighted by Gasteiger charge is 2.10. The van der Waals surface area contributed by atoms with Crippen molar-refractivity contribution >= 4 is 33.9 Å².